The number of hydrogen-bond donors (Lipinski definition) is 2. The Kier molecular flexibility index (Phi) is 1.74. The summed E-state index contributed by atoms with van der Waals surface area (Å²) in [6.45, 7) is 1.77. The van der Waals surface area contributed by atoms with Crippen molar-refractivity contribution in [1.29, 1.82) is 0 Å². The van der Waals surface area contributed by atoms with E-state index >= 15 is 0 Å². The lowest BCUT2D eigenvalue weighted by molar-refractivity contribution is 0.402. The minimum Gasteiger partial charge on any atom is -0.504 e. The molecule has 0 saturated heterocycles. The lowest BCUT2D eigenvalue weighted by Crippen LogP contribution is -1.82. The van der Waals surface area contributed by atoms with Crippen molar-refractivity contribution in [2.24, 2.45) is 0 Å². The van der Waals surface area contributed by atoms with Crippen LogP contribution in [0.1, 0.15) is 11.1 Å². The number of aryl methyl sites for hydroxylation is 1. The van der Waals surface area contributed by atoms with Crippen LogP contribution in [0.5, 0.6) is 11.5 Å². The van der Waals surface area contributed by atoms with E-state index in [-0.39, 0.29) is 11.5 Å². The predicted octanol–water partition coefficient (Wildman–Crippen LogP) is 1.39. The van der Waals surface area contributed by atoms with E-state index in [1.165, 1.54) is 6.07 Å². The van der Waals surface area contributed by atoms with Crippen LogP contribution in [0.25, 0.3) is 0 Å². The normalized spacial score (nSPS) is 9.09. The average molecular weight is 148 g/mol. The maximum atomic E-state index is 9.19. The third-order valence-electron chi connectivity index (χ3n) is 1.51. The molecule has 2 heteroatoms. The summed E-state index contributed by atoms with van der Waals surface area (Å²) >= 11 is 0. The van der Waals surface area contributed by atoms with E-state index in [9.17, 15) is 5.11 Å². The molecule has 2 nitrogen and oxygen atoms in total. The molecular weight excluding hydrogens is 140 g/mol. The first-order valence-electron chi connectivity index (χ1n) is 3.15. The monoisotopic (exact) mass is 148 g/mol. The van der Waals surface area contributed by atoms with Gasteiger partial charge in [-0.2, -0.15) is 0 Å². The molecular formula is C9H8O2. The summed E-state index contributed by atoms with van der Waals surface area (Å²) in [4.78, 5) is 0. The fourth-order valence-corrected chi connectivity index (χ4v) is 0.863. The summed E-state index contributed by atoms with van der Waals surface area (Å²) in [7, 11) is 0. The van der Waals surface area contributed by atoms with Crippen molar-refractivity contribution in [3.05, 3.63) is 23.3 Å². The van der Waals surface area contributed by atoms with Crippen LogP contribution < -0.4 is 0 Å². The molecule has 0 spiro atoms. The molecule has 56 valence electrons. The van der Waals surface area contributed by atoms with Gasteiger partial charge >= 0.3 is 0 Å². The summed E-state index contributed by atoms with van der Waals surface area (Å²) < 4.78 is 0. The van der Waals surface area contributed by atoms with E-state index in [0.29, 0.717) is 5.56 Å². The van der Waals surface area contributed by atoms with Crippen LogP contribution >= 0.6 is 0 Å². The minimum absolute atomic E-state index is 0.177. The second-order valence-corrected chi connectivity index (χ2v) is 2.27. The Hall–Kier alpha value is -1.62. The van der Waals surface area contributed by atoms with E-state index in [2.05, 4.69) is 5.92 Å². The maximum absolute atomic E-state index is 9.19. The Labute approximate surface area is 65.1 Å². The Bertz CT molecular complexity index is 321. The number of rotatable bonds is 0. The fraction of sp³-hybridized carbons (Fsp3) is 0.111. The highest BCUT2D eigenvalue weighted by atomic mass is 16.3. The first-order valence-corrected chi connectivity index (χ1v) is 3.15. The second-order valence-electron chi connectivity index (χ2n) is 2.27. The Balaban J connectivity index is 3.44. The SMILES string of the molecule is C#Cc1c(C)ccc(O)c1O. The molecule has 11 heavy (non-hydrogen) atoms. The molecule has 0 aliphatic rings. The van der Waals surface area contributed by atoms with Gasteiger partial charge in [0, 0.05) is 0 Å². The molecule has 0 heterocycles. The van der Waals surface area contributed by atoms with Gasteiger partial charge in [0.25, 0.3) is 0 Å². The van der Waals surface area contributed by atoms with Gasteiger partial charge in [-0.1, -0.05) is 12.0 Å². The molecule has 0 aliphatic heterocycles. The molecule has 0 atom stereocenters. The second kappa shape index (κ2) is 2.55. The van der Waals surface area contributed by atoms with Crippen LogP contribution in [-0.4, -0.2) is 10.2 Å². The van der Waals surface area contributed by atoms with Gasteiger partial charge in [-0.3, -0.25) is 0 Å². The zero-order valence-electron chi connectivity index (χ0n) is 6.13. The van der Waals surface area contributed by atoms with Gasteiger partial charge in [0.2, 0.25) is 0 Å². The van der Waals surface area contributed by atoms with E-state index in [1.807, 2.05) is 0 Å². The Morgan fingerprint density at radius 1 is 1.36 bits per heavy atom. The van der Waals surface area contributed by atoms with Gasteiger partial charge in [-0.25, -0.2) is 0 Å². The molecule has 2 N–H and O–H groups in total. The Morgan fingerprint density at radius 3 is 2.45 bits per heavy atom. The number of benzene rings is 1. The van der Waals surface area contributed by atoms with Crippen LogP contribution in [0, 0.1) is 19.3 Å². The topological polar surface area (TPSA) is 40.5 Å². The smallest absolute Gasteiger partial charge is 0.173 e. The number of phenolic OH excluding ortho intramolecular Hbond substituents is 2. The molecule has 0 unspecified atom stereocenters. The highest BCUT2D eigenvalue weighted by molar-refractivity contribution is 5.55. The summed E-state index contributed by atoms with van der Waals surface area (Å²) in [5.41, 5.74) is 1.13. The first-order chi connectivity index (χ1) is 5.16. The van der Waals surface area contributed by atoms with Crippen LogP contribution in [0.3, 0.4) is 0 Å². The zero-order valence-corrected chi connectivity index (χ0v) is 6.13. The summed E-state index contributed by atoms with van der Waals surface area (Å²) in [6, 6.07) is 3.07. The van der Waals surface area contributed by atoms with Crippen LogP contribution in [0.2, 0.25) is 0 Å². The molecule has 0 amide bonds. The molecule has 0 radical (unpaired) electrons. The Morgan fingerprint density at radius 2 is 2.00 bits per heavy atom. The molecule has 0 fully saturated rings. The quantitative estimate of drug-likeness (QED) is 0.431. The predicted molar refractivity (Wildman–Crippen MR) is 42.4 cm³/mol. The highest BCUT2D eigenvalue weighted by Crippen LogP contribution is 2.29. The highest BCUT2D eigenvalue weighted by Gasteiger charge is 2.05. The fourth-order valence-electron chi connectivity index (χ4n) is 0.863. The van der Waals surface area contributed by atoms with Crippen molar-refractivity contribution in [3.63, 3.8) is 0 Å². The van der Waals surface area contributed by atoms with Gasteiger partial charge in [0.15, 0.2) is 11.5 Å². The molecule has 0 aliphatic carbocycles. The van der Waals surface area contributed by atoms with Crippen LogP contribution in [-0.2, 0) is 0 Å². The van der Waals surface area contributed by atoms with Crippen molar-refractivity contribution in [3.8, 4) is 23.8 Å². The van der Waals surface area contributed by atoms with E-state index in [0.717, 1.165) is 5.56 Å². The van der Waals surface area contributed by atoms with Crippen molar-refractivity contribution >= 4 is 0 Å². The van der Waals surface area contributed by atoms with E-state index in [1.54, 1.807) is 13.0 Å². The molecule has 1 aromatic carbocycles. The first kappa shape index (κ1) is 7.49. The number of hydrogen-bond acceptors (Lipinski definition) is 2. The van der Waals surface area contributed by atoms with Crippen molar-refractivity contribution < 1.29 is 10.2 Å². The molecule has 0 aromatic heterocycles. The standard InChI is InChI=1S/C9H8O2/c1-3-7-6(2)4-5-8(10)9(7)11/h1,4-5,10-11H,2H3. The van der Waals surface area contributed by atoms with E-state index < -0.39 is 0 Å². The number of aromatic hydroxyl groups is 2. The molecule has 1 rings (SSSR count). The molecule has 1 aromatic rings. The minimum atomic E-state index is -0.215. The lowest BCUT2D eigenvalue weighted by Gasteiger charge is -2.02. The van der Waals surface area contributed by atoms with Crippen molar-refractivity contribution in [2.45, 2.75) is 6.92 Å². The third kappa shape index (κ3) is 1.13. The van der Waals surface area contributed by atoms with E-state index in [4.69, 9.17) is 11.5 Å². The maximum Gasteiger partial charge on any atom is 0.173 e. The van der Waals surface area contributed by atoms with Gasteiger partial charge in [-0.15, -0.1) is 6.42 Å². The van der Waals surface area contributed by atoms with Crippen LogP contribution in [0.4, 0.5) is 0 Å². The molecule has 0 saturated carbocycles. The summed E-state index contributed by atoms with van der Waals surface area (Å²) in [6.07, 6.45) is 5.10. The van der Waals surface area contributed by atoms with Crippen molar-refractivity contribution in [1.82, 2.24) is 0 Å². The third-order valence-corrected chi connectivity index (χ3v) is 1.51. The van der Waals surface area contributed by atoms with Crippen molar-refractivity contribution in [2.75, 3.05) is 0 Å². The summed E-state index contributed by atoms with van der Waals surface area (Å²) in [5.74, 6) is 1.90. The van der Waals surface area contributed by atoms with Gasteiger partial charge in [0.05, 0.1) is 5.56 Å². The largest absolute Gasteiger partial charge is 0.504 e. The lowest BCUT2D eigenvalue weighted by atomic mass is 10.1. The van der Waals surface area contributed by atoms with Crippen LogP contribution in [0.15, 0.2) is 12.1 Å². The zero-order chi connectivity index (χ0) is 8.43. The van der Waals surface area contributed by atoms with Gasteiger partial charge in [0.1, 0.15) is 0 Å². The average Bonchev–Trinajstić information content (AvgIpc) is 1.99. The van der Waals surface area contributed by atoms with Gasteiger partial charge in [-0.05, 0) is 18.6 Å². The molecule has 0 bridgehead atoms. The number of phenols is 2. The number of terminal acetylenes is 1. The van der Waals surface area contributed by atoms with Gasteiger partial charge < -0.3 is 10.2 Å². The summed E-state index contributed by atoms with van der Waals surface area (Å²) in [5, 5.41) is 18.2.